The average molecular weight is 293 g/mol. The Labute approximate surface area is 110 Å². The van der Waals surface area contributed by atoms with Gasteiger partial charge in [0.2, 0.25) is 0 Å². The summed E-state index contributed by atoms with van der Waals surface area (Å²) in [5.74, 6) is -0.280. The van der Waals surface area contributed by atoms with Crippen LogP contribution in [0.25, 0.3) is 0 Å². The molecule has 0 amide bonds. The third kappa shape index (κ3) is 5.05. The van der Waals surface area contributed by atoms with Gasteiger partial charge in [0.25, 0.3) is 0 Å². The van der Waals surface area contributed by atoms with Gasteiger partial charge in [0.05, 0.1) is 11.5 Å². The Morgan fingerprint density at radius 2 is 2.11 bits per heavy atom. The Bertz CT molecular complexity index is 524. The standard InChI is InChI=1S/C9H15N3O4S2/c1-7-10-11-9(17-6-8(13)14)12(7)4-3-5-18(2,15)16/h3-6H2,1-2H3,(H,13,14). The van der Waals surface area contributed by atoms with Gasteiger partial charge >= 0.3 is 5.97 Å². The van der Waals surface area contributed by atoms with Gasteiger partial charge in [-0.05, 0) is 13.3 Å². The summed E-state index contributed by atoms with van der Waals surface area (Å²) < 4.78 is 23.8. The van der Waals surface area contributed by atoms with Crippen LogP contribution in [0.4, 0.5) is 0 Å². The molecule has 0 aliphatic rings. The first-order valence-corrected chi connectivity index (χ1v) is 8.26. The van der Waals surface area contributed by atoms with E-state index < -0.39 is 15.8 Å². The molecule has 102 valence electrons. The Kier molecular flexibility index (Phi) is 5.15. The monoisotopic (exact) mass is 293 g/mol. The highest BCUT2D eigenvalue weighted by molar-refractivity contribution is 7.99. The quantitative estimate of drug-likeness (QED) is 0.716. The zero-order valence-corrected chi connectivity index (χ0v) is 11.8. The summed E-state index contributed by atoms with van der Waals surface area (Å²) in [4.78, 5) is 10.5. The molecule has 0 spiro atoms. The van der Waals surface area contributed by atoms with Gasteiger partial charge in [0.15, 0.2) is 5.16 Å². The van der Waals surface area contributed by atoms with Gasteiger partial charge in [-0.1, -0.05) is 11.8 Å². The van der Waals surface area contributed by atoms with Crippen LogP contribution < -0.4 is 0 Å². The minimum Gasteiger partial charge on any atom is -0.481 e. The van der Waals surface area contributed by atoms with E-state index in [1.807, 2.05) is 0 Å². The molecule has 0 unspecified atom stereocenters. The number of rotatable bonds is 7. The summed E-state index contributed by atoms with van der Waals surface area (Å²) in [6.45, 7) is 2.21. The van der Waals surface area contributed by atoms with E-state index in [0.29, 0.717) is 23.9 Å². The van der Waals surface area contributed by atoms with Crippen molar-refractivity contribution in [3.63, 3.8) is 0 Å². The molecule has 0 fully saturated rings. The first-order chi connectivity index (χ1) is 8.29. The van der Waals surface area contributed by atoms with Crippen molar-refractivity contribution in [2.75, 3.05) is 17.8 Å². The maximum Gasteiger partial charge on any atom is 0.313 e. The van der Waals surface area contributed by atoms with Crippen LogP contribution in [-0.2, 0) is 21.2 Å². The minimum atomic E-state index is -2.98. The van der Waals surface area contributed by atoms with E-state index in [9.17, 15) is 13.2 Å². The number of carboxylic acid groups (broad SMARTS) is 1. The molecular formula is C9H15N3O4S2. The third-order valence-corrected chi connectivity index (χ3v) is 4.11. The van der Waals surface area contributed by atoms with E-state index in [-0.39, 0.29) is 11.5 Å². The highest BCUT2D eigenvalue weighted by Gasteiger charge is 2.11. The molecule has 1 aromatic heterocycles. The Balaban J connectivity index is 2.63. The van der Waals surface area contributed by atoms with E-state index in [4.69, 9.17) is 5.11 Å². The van der Waals surface area contributed by atoms with Crippen molar-refractivity contribution >= 4 is 27.6 Å². The number of aliphatic carboxylic acids is 1. The van der Waals surface area contributed by atoms with E-state index >= 15 is 0 Å². The SMILES string of the molecule is Cc1nnc(SCC(=O)O)n1CCCS(C)(=O)=O. The van der Waals surface area contributed by atoms with Gasteiger partial charge in [0, 0.05) is 12.8 Å². The molecule has 1 N–H and O–H groups in total. The van der Waals surface area contributed by atoms with Crippen molar-refractivity contribution in [2.45, 2.75) is 25.0 Å². The molecule has 0 bridgehead atoms. The summed E-state index contributed by atoms with van der Waals surface area (Å²) in [7, 11) is -2.98. The second-order valence-corrected chi connectivity index (χ2v) is 7.05. The number of aryl methyl sites for hydroxylation is 1. The summed E-state index contributed by atoms with van der Waals surface area (Å²) in [5, 5.41) is 16.8. The van der Waals surface area contributed by atoms with Crippen molar-refractivity contribution in [1.29, 1.82) is 0 Å². The summed E-state index contributed by atoms with van der Waals surface area (Å²) >= 11 is 1.07. The summed E-state index contributed by atoms with van der Waals surface area (Å²) in [6, 6.07) is 0. The molecule has 0 saturated carbocycles. The van der Waals surface area contributed by atoms with Crippen LogP contribution in [0.2, 0.25) is 0 Å². The van der Waals surface area contributed by atoms with E-state index in [1.165, 1.54) is 6.26 Å². The maximum absolute atomic E-state index is 11.0. The molecule has 9 heteroatoms. The third-order valence-electron chi connectivity index (χ3n) is 2.12. The largest absolute Gasteiger partial charge is 0.481 e. The van der Waals surface area contributed by atoms with E-state index in [1.54, 1.807) is 11.5 Å². The van der Waals surface area contributed by atoms with Crippen LogP contribution in [0.15, 0.2) is 5.16 Å². The molecule has 18 heavy (non-hydrogen) atoms. The Morgan fingerprint density at radius 1 is 1.44 bits per heavy atom. The van der Waals surface area contributed by atoms with Crippen molar-refractivity contribution in [1.82, 2.24) is 14.8 Å². The number of nitrogens with zero attached hydrogens (tertiary/aromatic N) is 3. The first kappa shape index (κ1) is 15.0. The topological polar surface area (TPSA) is 102 Å². The number of hydrogen-bond acceptors (Lipinski definition) is 6. The van der Waals surface area contributed by atoms with Gasteiger partial charge < -0.3 is 9.67 Å². The van der Waals surface area contributed by atoms with Crippen LogP contribution in [0, 0.1) is 6.92 Å². The lowest BCUT2D eigenvalue weighted by Gasteiger charge is -2.06. The molecule has 0 saturated heterocycles. The second kappa shape index (κ2) is 6.19. The number of carbonyl (C=O) groups is 1. The highest BCUT2D eigenvalue weighted by atomic mass is 32.2. The van der Waals surface area contributed by atoms with E-state index in [2.05, 4.69) is 10.2 Å². The molecule has 0 radical (unpaired) electrons. The van der Waals surface area contributed by atoms with Crippen LogP contribution in [0.1, 0.15) is 12.2 Å². The lowest BCUT2D eigenvalue weighted by Crippen LogP contribution is -2.10. The van der Waals surface area contributed by atoms with Crippen LogP contribution >= 0.6 is 11.8 Å². The molecule has 1 aromatic rings. The molecule has 0 aliphatic heterocycles. The van der Waals surface area contributed by atoms with Gasteiger partial charge in [-0.2, -0.15) is 0 Å². The van der Waals surface area contributed by atoms with Crippen molar-refractivity contribution < 1.29 is 18.3 Å². The number of thioether (sulfide) groups is 1. The minimum absolute atomic E-state index is 0.0909. The predicted molar refractivity (Wildman–Crippen MR) is 67.4 cm³/mol. The van der Waals surface area contributed by atoms with Crippen LogP contribution in [-0.4, -0.2) is 52.0 Å². The van der Waals surface area contributed by atoms with Gasteiger partial charge in [-0.25, -0.2) is 8.42 Å². The van der Waals surface area contributed by atoms with Gasteiger partial charge in [-0.15, -0.1) is 10.2 Å². The average Bonchev–Trinajstić information content (AvgIpc) is 2.56. The fourth-order valence-electron chi connectivity index (χ4n) is 1.34. The van der Waals surface area contributed by atoms with Crippen molar-refractivity contribution in [3.05, 3.63) is 5.82 Å². The fraction of sp³-hybridized carbons (Fsp3) is 0.667. The number of sulfone groups is 1. The molecule has 0 atom stereocenters. The number of carboxylic acids is 1. The normalized spacial score (nSPS) is 11.7. The smallest absolute Gasteiger partial charge is 0.313 e. The summed E-state index contributed by atoms with van der Waals surface area (Å²) in [6.07, 6.45) is 1.64. The molecule has 7 nitrogen and oxygen atoms in total. The highest BCUT2D eigenvalue weighted by Crippen LogP contribution is 2.17. The van der Waals surface area contributed by atoms with Crippen LogP contribution in [0.5, 0.6) is 0 Å². The lowest BCUT2D eigenvalue weighted by atomic mass is 10.4. The molecule has 1 rings (SSSR count). The fourth-order valence-corrected chi connectivity index (χ4v) is 2.72. The molecule has 0 aliphatic carbocycles. The molecular weight excluding hydrogens is 278 g/mol. The number of hydrogen-bond donors (Lipinski definition) is 1. The Morgan fingerprint density at radius 3 is 2.67 bits per heavy atom. The van der Waals surface area contributed by atoms with Crippen LogP contribution in [0.3, 0.4) is 0 Å². The van der Waals surface area contributed by atoms with E-state index in [0.717, 1.165) is 11.8 Å². The predicted octanol–water partition coefficient (Wildman–Crippen LogP) is 0.198. The number of aromatic nitrogens is 3. The summed E-state index contributed by atoms with van der Waals surface area (Å²) in [5.41, 5.74) is 0. The molecule has 1 heterocycles. The van der Waals surface area contributed by atoms with Gasteiger partial charge in [-0.3, -0.25) is 4.79 Å². The lowest BCUT2D eigenvalue weighted by molar-refractivity contribution is -0.133. The zero-order chi connectivity index (χ0) is 13.8. The zero-order valence-electron chi connectivity index (χ0n) is 10.2. The maximum atomic E-state index is 11.0. The van der Waals surface area contributed by atoms with Gasteiger partial charge in [0.1, 0.15) is 15.7 Å². The molecule has 0 aromatic carbocycles. The van der Waals surface area contributed by atoms with Crippen molar-refractivity contribution in [2.24, 2.45) is 0 Å². The Hall–Kier alpha value is -1.09. The van der Waals surface area contributed by atoms with Crippen molar-refractivity contribution in [3.8, 4) is 0 Å². The first-order valence-electron chi connectivity index (χ1n) is 5.21. The second-order valence-electron chi connectivity index (χ2n) is 3.85.